The summed E-state index contributed by atoms with van der Waals surface area (Å²) in [6, 6.07) is 16.2. The van der Waals surface area contributed by atoms with Gasteiger partial charge >= 0.3 is 12.1 Å². The molecule has 3 atom stereocenters. The van der Waals surface area contributed by atoms with Crippen LogP contribution >= 0.6 is 0 Å². The Balaban J connectivity index is 1.16. The third-order valence-electron chi connectivity index (χ3n) is 9.83. The molecule has 1 amide bonds. The Hall–Kier alpha value is -3.50. The van der Waals surface area contributed by atoms with E-state index in [0.29, 0.717) is 17.4 Å². The summed E-state index contributed by atoms with van der Waals surface area (Å²) < 4.78 is 5.49. The number of ether oxygens (including phenoxy) is 1. The third kappa shape index (κ3) is 7.72. The maximum absolute atomic E-state index is 12.8. The molecule has 3 fully saturated rings. The van der Waals surface area contributed by atoms with E-state index in [1.807, 2.05) is 6.07 Å². The number of aliphatic carboxylic acids is 1. The maximum atomic E-state index is 12.8. The van der Waals surface area contributed by atoms with Gasteiger partial charge in [0.25, 0.3) is 5.69 Å². The average molecular weight is 593 g/mol. The van der Waals surface area contributed by atoms with Crippen LogP contribution in [0, 0.1) is 22.0 Å². The minimum absolute atomic E-state index is 0.00489. The largest absolute Gasteiger partial charge is 0.480 e. The number of nitrogens with zero attached hydrogens (tertiary/aromatic N) is 4. The lowest BCUT2D eigenvalue weighted by Crippen LogP contribution is -2.48. The summed E-state index contributed by atoms with van der Waals surface area (Å²) in [7, 11) is 1.77. The number of hydrogen-bond acceptors (Lipinski definition) is 7. The zero-order valence-electron chi connectivity index (χ0n) is 25.1. The van der Waals surface area contributed by atoms with Crippen LogP contribution < -0.4 is 0 Å². The SMILES string of the molecule is CN(C(=O)OCc1ccc([N+](=O)[O-])cc1)C1CCN(CC2CN(C(C(=O)O)C3CCCCC3)CC2c2ccccc2)CC1. The van der Waals surface area contributed by atoms with Crippen molar-refractivity contribution in [1.29, 1.82) is 0 Å². The number of carbonyl (C=O) groups is 2. The monoisotopic (exact) mass is 592 g/mol. The second-order valence-corrected chi connectivity index (χ2v) is 12.5. The van der Waals surface area contributed by atoms with Crippen LogP contribution in [0.2, 0.25) is 0 Å². The normalized spacial score (nSPS) is 23.1. The highest BCUT2D eigenvalue weighted by atomic mass is 16.6. The number of non-ortho nitro benzene ring substituents is 1. The molecule has 2 aromatic rings. The van der Waals surface area contributed by atoms with Crippen LogP contribution in [0.4, 0.5) is 10.5 Å². The number of likely N-dealkylation sites (tertiary alicyclic amines) is 2. The van der Waals surface area contributed by atoms with E-state index >= 15 is 0 Å². The van der Waals surface area contributed by atoms with Gasteiger partial charge in [0.1, 0.15) is 12.6 Å². The summed E-state index contributed by atoms with van der Waals surface area (Å²) >= 11 is 0. The lowest BCUT2D eigenvalue weighted by molar-refractivity contribution is -0.384. The molecule has 2 saturated heterocycles. The fraction of sp³-hybridized carbons (Fsp3) is 0.576. The Labute approximate surface area is 253 Å². The molecule has 0 aromatic heterocycles. The summed E-state index contributed by atoms with van der Waals surface area (Å²) in [5.74, 6) is 0.187. The van der Waals surface area contributed by atoms with Crippen molar-refractivity contribution in [3.05, 3.63) is 75.8 Å². The number of piperidine rings is 1. The molecule has 1 N–H and O–H groups in total. The zero-order valence-corrected chi connectivity index (χ0v) is 25.1. The van der Waals surface area contributed by atoms with E-state index in [1.165, 1.54) is 24.1 Å². The van der Waals surface area contributed by atoms with Gasteiger partial charge in [0.2, 0.25) is 0 Å². The van der Waals surface area contributed by atoms with E-state index in [-0.39, 0.29) is 24.3 Å². The van der Waals surface area contributed by atoms with Crippen molar-refractivity contribution in [2.75, 3.05) is 39.8 Å². The Kier molecular flexibility index (Phi) is 10.3. The van der Waals surface area contributed by atoms with E-state index in [9.17, 15) is 24.8 Å². The first-order valence-corrected chi connectivity index (χ1v) is 15.7. The molecule has 0 bridgehead atoms. The molecule has 3 unspecified atom stereocenters. The number of hydrogen-bond donors (Lipinski definition) is 1. The minimum atomic E-state index is -0.677. The second kappa shape index (κ2) is 14.3. The molecule has 2 aliphatic heterocycles. The van der Waals surface area contributed by atoms with Gasteiger partial charge in [-0.05, 0) is 60.8 Å². The van der Waals surface area contributed by atoms with Gasteiger partial charge in [0.15, 0.2) is 0 Å². The number of rotatable bonds is 10. The summed E-state index contributed by atoms with van der Waals surface area (Å²) in [5, 5.41) is 21.1. The second-order valence-electron chi connectivity index (χ2n) is 12.5. The van der Waals surface area contributed by atoms with Crippen molar-refractivity contribution in [3.8, 4) is 0 Å². The van der Waals surface area contributed by atoms with Crippen molar-refractivity contribution in [2.24, 2.45) is 11.8 Å². The van der Waals surface area contributed by atoms with Crippen LogP contribution in [0.15, 0.2) is 54.6 Å². The summed E-state index contributed by atoms with van der Waals surface area (Å²) in [5.41, 5.74) is 1.99. The van der Waals surface area contributed by atoms with Crippen LogP contribution in [0.5, 0.6) is 0 Å². The molecule has 5 rings (SSSR count). The van der Waals surface area contributed by atoms with Crippen LogP contribution in [0.3, 0.4) is 0 Å². The number of carbonyl (C=O) groups excluding carboxylic acids is 1. The number of amides is 1. The van der Waals surface area contributed by atoms with Crippen molar-refractivity contribution in [3.63, 3.8) is 0 Å². The van der Waals surface area contributed by atoms with E-state index in [2.05, 4.69) is 34.1 Å². The molecular formula is C33H44N4O6. The quantitative estimate of drug-likeness (QED) is 0.289. The van der Waals surface area contributed by atoms with Gasteiger partial charge < -0.3 is 19.6 Å². The van der Waals surface area contributed by atoms with Crippen LogP contribution in [-0.2, 0) is 16.1 Å². The molecule has 3 aliphatic rings. The van der Waals surface area contributed by atoms with Crippen LogP contribution in [-0.4, -0.2) is 88.6 Å². The maximum Gasteiger partial charge on any atom is 0.410 e. The molecule has 0 radical (unpaired) electrons. The summed E-state index contributed by atoms with van der Waals surface area (Å²) in [6.07, 6.45) is 6.77. The first-order chi connectivity index (χ1) is 20.8. The topological polar surface area (TPSA) is 116 Å². The Morgan fingerprint density at radius 3 is 2.30 bits per heavy atom. The fourth-order valence-electron chi connectivity index (χ4n) is 7.43. The summed E-state index contributed by atoms with van der Waals surface area (Å²) in [4.78, 5) is 42.1. The Morgan fingerprint density at radius 1 is 1.00 bits per heavy atom. The van der Waals surface area contributed by atoms with Gasteiger partial charge in [-0.15, -0.1) is 0 Å². The highest BCUT2D eigenvalue weighted by Gasteiger charge is 2.43. The van der Waals surface area contributed by atoms with E-state index in [4.69, 9.17) is 4.74 Å². The molecule has 232 valence electrons. The van der Waals surface area contributed by atoms with Crippen molar-refractivity contribution in [2.45, 2.75) is 69.6 Å². The lowest BCUT2D eigenvalue weighted by atomic mass is 9.83. The summed E-state index contributed by atoms with van der Waals surface area (Å²) in [6.45, 7) is 4.29. The molecular weight excluding hydrogens is 548 g/mol. The fourth-order valence-corrected chi connectivity index (χ4v) is 7.43. The first kappa shape index (κ1) is 30.9. The van der Waals surface area contributed by atoms with Crippen molar-refractivity contribution >= 4 is 17.7 Å². The Morgan fingerprint density at radius 2 is 1.67 bits per heavy atom. The third-order valence-corrected chi connectivity index (χ3v) is 9.83. The zero-order chi connectivity index (χ0) is 30.3. The van der Waals surface area contributed by atoms with Gasteiger partial charge in [-0.1, -0.05) is 49.6 Å². The number of carboxylic acids is 1. The minimum Gasteiger partial charge on any atom is -0.480 e. The van der Waals surface area contributed by atoms with Crippen molar-refractivity contribution < 1.29 is 24.4 Å². The Bertz CT molecular complexity index is 1230. The van der Waals surface area contributed by atoms with Gasteiger partial charge in [-0.3, -0.25) is 19.8 Å². The predicted molar refractivity (Wildman–Crippen MR) is 163 cm³/mol. The predicted octanol–water partition coefficient (Wildman–Crippen LogP) is 5.38. The standard InChI is InChI=1S/C33H44N4O6/c1-34(33(40)43-23-24-12-14-29(15-13-24)37(41)42)28-16-18-35(19-17-28)20-27-21-36(22-30(27)25-8-4-2-5-9-25)31(32(38)39)26-10-6-3-7-11-26/h2,4-5,8-9,12-15,26-28,30-31H,3,6-7,10-11,16-23H2,1H3,(H,38,39). The average Bonchev–Trinajstić information content (AvgIpc) is 3.43. The number of nitro benzene ring substituents is 1. The smallest absolute Gasteiger partial charge is 0.410 e. The molecule has 0 spiro atoms. The number of nitro groups is 1. The van der Waals surface area contributed by atoms with Crippen LogP contribution in [0.1, 0.15) is 62.0 Å². The molecule has 2 heterocycles. The molecule has 1 saturated carbocycles. The molecule has 43 heavy (non-hydrogen) atoms. The van der Waals surface area contributed by atoms with Crippen LogP contribution in [0.25, 0.3) is 0 Å². The molecule has 10 heteroatoms. The van der Waals surface area contributed by atoms with Gasteiger partial charge in [-0.2, -0.15) is 0 Å². The highest BCUT2D eigenvalue weighted by Crippen LogP contribution is 2.38. The number of carboxylic acid groups (broad SMARTS) is 1. The van der Waals surface area contributed by atoms with E-state index in [0.717, 1.165) is 71.2 Å². The molecule has 1 aliphatic carbocycles. The molecule has 10 nitrogen and oxygen atoms in total. The van der Waals surface area contributed by atoms with E-state index < -0.39 is 23.0 Å². The van der Waals surface area contributed by atoms with E-state index in [1.54, 1.807) is 24.1 Å². The van der Waals surface area contributed by atoms with Gasteiger partial charge in [0, 0.05) is 63.9 Å². The lowest BCUT2D eigenvalue weighted by Gasteiger charge is -2.38. The highest BCUT2D eigenvalue weighted by molar-refractivity contribution is 5.74. The number of benzene rings is 2. The molecule has 2 aromatic carbocycles. The first-order valence-electron chi connectivity index (χ1n) is 15.7. The van der Waals surface area contributed by atoms with Gasteiger partial charge in [-0.25, -0.2) is 4.79 Å². The van der Waals surface area contributed by atoms with Crippen molar-refractivity contribution in [1.82, 2.24) is 14.7 Å². The van der Waals surface area contributed by atoms with Gasteiger partial charge in [0.05, 0.1) is 4.92 Å².